The second-order valence-electron chi connectivity index (χ2n) is 7.15. The molecule has 0 radical (unpaired) electrons. The summed E-state index contributed by atoms with van der Waals surface area (Å²) >= 11 is 1.94. The van der Waals surface area contributed by atoms with E-state index in [4.69, 9.17) is 4.52 Å². The Morgan fingerprint density at radius 2 is 2.19 bits per heavy atom. The zero-order chi connectivity index (χ0) is 19.1. The first-order valence-electron chi connectivity index (χ1n) is 9.61. The van der Waals surface area contributed by atoms with Crippen molar-refractivity contribution in [2.45, 2.75) is 37.5 Å². The number of aromatic nitrogens is 2. The molecule has 1 aromatic heterocycles. The van der Waals surface area contributed by atoms with Gasteiger partial charge in [-0.05, 0) is 24.5 Å². The molecule has 0 amide bonds. The molecule has 7 heteroatoms. The number of nitrogens with one attached hydrogen (secondary N) is 1. The maximum Gasteiger partial charge on any atom is 0.228 e. The number of likely N-dealkylation sites (tertiary alicyclic amines) is 1. The lowest BCUT2D eigenvalue weighted by atomic mass is 10.2. The predicted molar refractivity (Wildman–Crippen MR) is 110 cm³/mol. The Morgan fingerprint density at radius 1 is 1.37 bits per heavy atom. The summed E-state index contributed by atoms with van der Waals surface area (Å²) in [6.07, 6.45) is 1.92. The summed E-state index contributed by atoms with van der Waals surface area (Å²) in [4.78, 5) is 12.6. The molecule has 1 aliphatic heterocycles. The van der Waals surface area contributed by atoms with Gasteiger partial charge in [-0.15, -0.1) is 11.8 Å². The van der Waals surface area contributed by atoms with Gasteiger partial charge >= 0.3 is 0 Å². The highest BCUT2D eigenvalue weighted by molar-refractivity contribution is 7.99. The Labute approximate surface area is 165 Å². The third-order valence-electron chi connectivity index (χ3n) is 4.65. The molecule has 1 aromatic carbocycles. The van der Waals surface area contributed by atoms with E-state index in [1.807, 2.05) is 18.8 Å². The van der Waals surface area contributed by atoms with E-state index in [-0.39, 0.29) is 0 Å². The van der Waals surface area contributed by atoms with E-state index in [0.717, 1.165) is 37.2 Å². The lowest BCUT2D eigenvalue weighted by Gasteiger charge is -2.21. The van der Waals surface area contributed by atoms with Crippen LogP contribution < -0.4 is 5.32 Å². The molecule has 3 rings (SSSR count). The monoisotopic (exact) mass is 387 g/mol. The number of thioether (sulfide) groups is 1. The van der Waals surface area contributed by atoms with Crippen LogP contribution in [-0.2, 0) is 6.42 Å². The van der Waals surface area contributed by atoms with Crippen molar-refractivity contribution in [3.8, 4) is 0 Å². The van der Waals surface area contributed by atoms with Crippen molar-refractivity contribution in [1.29, 1.82) is 0 Å². The van der Waals surface area contributed by atoms with Gasteiger partial charge in [0, 0.05) is 49.7 Å². The summed E-state index contributed by atoms with van der Waals surface area (Å²) in [7, 11) is 1.85. The van der Waals surface area contributed by atoms with E-state index in [0.29, 0.717) is 24.1 Å². The van der Waals surface area contributed by atoms with Crippen molar-refractivity contribution >= 4 is 17.7 Å². The van der Waals surface area contributed by atoms with E-state index in [1.54, 1.807) is 0 Å². The van der Waals surface area contributed by atoms with Gasteiger partial charge in [-0.2, -0.15) is 4.98 Å². The first kappa shape index (κ1) is 19.7. The molecule has 0 bridgehead atoms. The summed E-state index contributed by atoms with van der Waals surface area (Å²) in [5.41, 5.74) is 0. The number of aliphatic imine (C=N–C) groups is 1. The molecule has 1 unspecified atom stereocenters. The molecular formula is C20H29N5OS. The lowest BCUT2D eigenvalue weighted by Crippen LogP contribution is -2.41. The van der Waals surface area contributed by atoms with Crippen molar-refractivity contribution in [2.75, 3.05) is 32.4 Å². The summed E-state index contributed by atoms with van der Waals surface area (Å²) in [5, 5.41) is 7.44. The molecule has 0 saturated carbocycles. The molecule has 1 fully saturated rings. The van der Waals surface area contributed by atoms with E-state index < -0.39 is 0 Å². The fourth-order valence-corrected chi connectivity index (χ4v) is 4.16. The quantitative estimate of drug-likeness (QED) is 0.446. The highest BCUT2D eigenvalue weighted by Gasteiger charge is 2.24. The summed E-state index contributed by atoms with van der Waals surface area (Å²) in [5.74, 6) is 4.55. The molecule has 1 atom stereocenters. The van der Waals surface area contributed by atoms with E-state index >= 15 is 0 Å². The van der Waals surface area contributed by atoms with Crippen LogP contribution >= 0.6 is 11.8 Å². The molecule has 0 spiro atoms. The molecule has 27 heavy (non-hydrogen) atoms. The van der Waals surface area contributed by atoms with Crippen LogP contribution in [0.25, 0.3) is 0 Å². The second-order valence-corrected chi connectivity index (χ2v) is 8.24. The molecule has 1 saturated heterocycles. The molecule has 1 N–H and O–H groups in total. The Hall–Kier alpha value is -2.02. The molecule has 2 aromatic rings. The zero-order valence-corrected chi connectivity index (χ0v) is 17.2. The van der Waals surface area contributed by atoms with Gasteiger partial charge < -0.3 is 14.7 Å². The molecule has 146 valence electrons. The summed E-state index contributed by atoms with van der Waals surface area (Å²) in [6.45, 7) is 6.98. The SMILES string of the molecule is CN=C(NCCc1nc(C(C)C)no1)N1CCC(CSc2ccccc2)C1. The molecule has 2 heterocycles. The van der Waals surface area contributed by atoms with Crippen LogP contribution in [0.1, 0.15) is 37.9 Å². The zero-order valence-electron chi connectivity index (χ0n) is 16.4. The minimum atomic E-state index is 0.290. The van der Waals surface area contributed by atoms with Crippen LogP contribution in [0.2, 0.25) is 0 Å². The largest absolute Gasteiger partial charge is 0.356 e. The first-order valence-corrected chi connectivity index (χ1v) is 10.6. The molecule has 0 aliphatic carbocycles. The minimum absolute atomic E-state index is 0.290. The fraction of sp³-hybridized carbons (Fsp3) is 0.550. The van der Waals surface area contributed by atoms with Gasteiger partial charge in [0.05, 0.1) is 0 Å². The normalized spacial score (nSPS) is 17.7. The highest BCUT2D eigenvalue weighted by Crippen LogP contribution is 2.25. The Kier molecular flexibility index (Phi) is 7.15. The van der Waals surface area contributed by atoms with Gasteiger partial charge in [-0.1, -0.05) is 37.2 Å². The summed E-state index contributed by atoms with van der Waals surface area (Å²) < 4.78 is 5.30. The third-order valence-corrected chi connectivity index (χ3v) is 5.89. The van der Waals surface area contributed by atoms with Gasteiger partial charge in [-0.25, -0.2) is 0 Å². The van der Waals surface area contributed by atoms with Crippen molar-refractivity contribution in [1.82, 2.24) is 20.4 Å². The van der Waals surface area contributed by atoms with Crippen LogP contribution in [-0.4, -0.2) is 53.4 Å². The van der Waals surface area contributed by atoms with Crippen molar-refractivity contribution in [3.63, 3.8) is 0 Å². The van der Waals surface area contributed by atoms with Crippen molar-refractivity contribution in [3.05, 3.63) is 42.0 Å². The van der Waals surface area contributed by atoms with Gasteiger partial charge in [-0.3, -0.25) is 4.99 Å². The average Bonchev–Trinajstić information content (AvgIpc) is 3.34. The van der Waals surface area contributed by atoms with Gasteiger partial charge in [0.25, 0.3) is 0 Å². The first-order chi connectivity index (χ1) is 13.2. The molecule has 1 aliphatic rings. The third kappa shape index (κ3) is 5.73. The second kappa shape index (κ2) is 9.78. The number of hydrogen-bond donors (Lipinski definition) is 1. The lowest BCUT2D eigenvalue weighted by molar-refractivity contribution is 0.370. The topological polar surface area (TPSA) is 66.5 Å². The van der Waals surface area contributed by atoms with Crippen LogP contribution in [0.15, 0.2) is 44.7 Å². The van der Waals surface area contributed by atoms with Crippen LogP contribution in [0.3, 0.4) is 0 Å². The Balaban J connectivity index is 1.41. The number of nitrogens with zero attached hydrogens (tertiary/aromatic N) is 4. The number of rotatable bonds is 7. The van der Waals surface area contributed by atoms with E-state index in [2.05, 4.69) is 69.5 Å². The predicted octanol–water partition coefficient (Wildman–Crippen LogP) is 3.43. The maximum absolute atomic E-state index is 5.30. The molecule has 6 nitrogen and oxygen atoms in total. The average molecular weight is 388 g/mol. The smallest absolute Gasteiger partial charge is 0.228 e. The van der Waals surface area contributed by atoms with Crippen molar-refractivity contribution < 1.29 is 4.52 Å². The molecular weight excluding hydrogens is 358 g/mol. The van der Waals surface area contributed by atoms with Crippen LogP contribution in [0, 0.1) is 5.92 Å². The Morgan fingerprint density at radius 3 is 2.89 bits per heavy atom. The number of hydrogen-bond acceptors (Lipinski definition) is 5. The van der Waals surface area contributed by atoms with Gasteiger partial charge in [0.1, 0.15) is 0 Å². The highest BCUT2D eigenvalue weighted by atomic mass is 32.2. The number of guanidine groups is 1. The number of benzene rings is 1. The maximum atomic E-state index is 5.30. The fourth-order valence-electron chi connectivity index (χ4n) is 3.11. The Bertz CT molecular complexity index is 731. The standard InChI is InChI=1S/C20H29N5OS/c1-15(2)19-23-18(26-24-19)9-11-22-20(21-3)25-12-10-16(13-25)14-27-17-7-5-4-6-8-17/h4-8,15-16H,9-14H2,1-3H3,(H,21,22). The van der Waals surface area contributed by atoms with E-state index in [9.17, 15) is 0 Å². The van der Waals surface area contributed by atoms with E-state index in [1.165, 1.54) is 11.3 Å². The van der Waals surface area contributed by atoms with Gasteiger partial charge in [0.2, 0.25) is 5.89 Å². The van der Waals surface area contributed by atoms with Crippen molar-refractivity contribution in [2.24, 2.45) is 10.9 Å². The van der Waals surface area contributed by atoms with Crippen LogP contribution in [0.5, 0.6) is 0 Å². The van der Waals surface area contributed by atoms with Gasteiger partial charge in [0.15, 0.2) is 11.8 Å². The summed E-state index contributed by atoms with van der Waals surface area (Å²) in [6, 6.07) is 10.6. The van der Waals surface area contributed by atoms with Crippen LogP contribution in [0.4, 0.5) is 0 Å². The minimum Gasteiger partial charge on any atom is -0.356 e.